The van der Waals surface area contributed by atoms with E-state index >= 15 is 0 Å². The van der Waals surface area contributed by atoms with Crippen molar-refractivity contribution in [1.82, 2.24) is 14.8 Å². The van der Waals surface area contributed by atoms with Crippen LogP contribution in [0.15, 0.2) is 30.3 Å². The molecule has 3 aromatic rings. The highest BCUT2D eigenvalue weighted by molar-refractivity contribution is 7.93. The van der Waals surface area contributed by atoms with Crippen LogP contribution >= 0.6 is 0 Å². The fourth-order valence-electron chi connectivity index (χ4n) is 3.01. The summed E-state index contributed by atoms with van der Waals surface area (Å²) < 4.78 is 28.9. The van der Waals surface area contributed by atoms with Crippen LogP contribution in [0.4, 0.5) is 5.82 Å². The summed E-state index contributed by atoms with van der Waals surface area (Å²) in [6, 6.07) is 9.74. The van der Waals surface area contributed by atoms with Crippen LogP contribution in [0.2, 0.25) is 0 Å². The zero-order chi connectivity index (χ0) is 17.8. The fourth-order valence-corrected chi connectivity index (χ4v) is 4.37. The van der Waals surface area contributed by atoms with Gasteiger partial charge in [0.25, 0.3) is 0 Å². The highest BCUT2D eigenvalue weighted by atomic mass is 32.2. The van der Waals surface area contributed by atoms with E-state index in [4.69, 9.17) is 4.98 Å². The van der Waals surface area contributed by atoms with E-state index in [0.29, 0.717) is 11.6 Å². The van der Waals surface area contributed by atoms with Crippen molar-refractivity contribution in [2.75, 3.05) is 4.72 Å². The molecule has 25 heavy (non-hydrogen) atoms. The first-order chi connectivity index (χ1) is 11.8. The number of sulfonamides is 1. The molecule has 0 amide bonds. The van der Waals surface area contributed by atoms with E-state index < -0.39 is 10.0 Å². The molecule has 2 heterocycles. The number of fused-ring (bicyclic) bond motifs is 1. The second-order valence-corrected chi connectivity index (χ2v) is 8.66. The Morgan fingerprint density at radius 1 is 1.12 bits per heavy atom. The van der Waals surface area contributed by atoms with Crippen molar-refractivity contribution in [2.24, 2.45) is 0 Å². The van der Waals surface area contributed by atoms with Crippen LogP contribution < -0.4 is 4.72 Å². The number of hydrogen-bond acceptors (Lipinski definition) is 4. The summed E-state index contributed by atoms with van der Waals surface area (Å²) in [4.78, 5) is 4.74. The summed E-state index contributed by atoms with van der Waals surface area (Å²) in [7, 11) is -3.36. The SMILES string of the molecule is Cc1cc(NS(=O)(=O)C2CC2)n(-c2cc(C)c3cccc(C)c3n2)n1. The van der Waals surface area contributed by atoms with Crippen molar-refractivity contribution in [2.45, 2.75) is 38.9 Å². The summed E-state index contributed by atoms with van der Waals surface area (Å²) in [5.74, 6) is 1.05. The molecule has 1 N–H and O–H groups in total. The van der Waals surface area contributed by atoms with Crippen LogP contribution in [0.1, 0.15) is 29.7 Å². The van der Waals surface area contributed by atoms with Crippen molar-refractivity contribution < 1.29 is 8.42 Å². The van der Waals surface area contributed by atoms with Gasteiger partial charge in [-0.05, 0) is 50.8 Å². The maximum atomic E-state index is 12.3. The largest absolute Gasteiger partial charge is 0.267 e. The fraction of sp³-hybridized carbons (Fsp3) is 0.333. The van der Waals surface area contributed by atoms with Gasteiger partial charge in [0.15, 0.2) is 5.82 Å². The van der Waals surface area contributed by atoms with Crippen LogP contribution in [0.5, 0.6) is 0 Å². The smallest absolute Gasteiger partial charge is 0.236 e. The van der Waals surface area contributed by atoms with Crippen LogP contribution in [0, 0.1) is 20.8 Å². The van der Waals surface area contributed by atoms with Gasteiger partial charge in [-0.25, -0.2) is 13.4 Å². The van der Waals surface area contributed by atoms with E-state index in [2.05, 4.69) is 9.82 Å². The number of nitrogens with zero attached hydrogens (tertiary/aromatic N) is 3. The van der Waals surface area contributed by atoms with Gasteiger partial charge in [-0.2, -0.15) is 9.78 Å². The van der Waals surface area contributed by atoms with Gasteiger partial charge in [0.05, 0.1) is 16.5 Å². The molecule has 0 atom stereocenters. The lowest BCUT2D eigenvalue weighted by Crippen LogP contribution is -2.19. The number of pyridine rings is 1. The quantitative estimate of drug-likeness (QED) is 0.778. The van der Waals surface area contributed by atoms with Crippen LogP contribution in [0.25, 0.3) is 16.7 Å². The molecule has 1 aromatic carbocycles. The summed E-state index contributed by atoms with van der Waals surface area (Å²) in [6.07, 6.45) is 1.43. The molecule has 1 fully saturated rings. The van der Waals surface area contributed by atoms with Crippen molar-refractivity contribution in [1.29, 1.82) is 0 Å². The van der Waals surface area contributed by atoms with Crippen LogP contribution in [-0.2, 0) is 10.0 Å². The van der Waals surface area contributed by atoms with Gasteiger partial charge in [-0.1, -0.05) is 18.2 Å². The number of nitrogens with one attached hydrogen (secondary N) is 1. The van der Waals surface area contributed by atoms with Gasteiger partial charge in [0, 0.05) is 11.5 Å². The minimum atomic E-state index is -3.36. The van der Waals surface area contributed by atoms with Gasteiger partial charge < -0.3 is 0 Å². The van der Waals surface area contributed by atoms with Crippen LogP contribution in [-0.4, -0.2) is 28.4 Å². The van der Waals surface area contributed by atoms with Crippen molar-refractivity contribution >= 4 is 26.7 Å². The van der Waals surface area contributed by atoms with Crippen molar-refractivity contribution in [3.8, 4) is 5.82 Å². The zero-order valence-electron chi connectivity index (χ0n) is 14.4. The molecule has 1 aliphatic rings. The zero-order valence-corrected chi connectivity index (χ0v) is 15.3. The van der Waals surface area contributed by atoms with E-state index in [1.165, 1.54) is 0 Å². The Hall–Kier alpha value is -2.41. The van der Waals surface area contributed by atoms with Gasteiger partial charge in [0.1, 0.15) is 5.82 Å². The molecular weight excluding hydrogens is 336 g/mol. The Morgan fingerprint density at radius 2 is 1.88 bits per heavy atom. The summed E-state index contributed by atoms with van der Waals surface area (Å²) in [5, 5.41) is 5.25. The first-order valence-electron chi connectivity index (χ1n) is 8.31. The summed E-state index contributed by atoms with van der Waals surface area (Å²) in [5.41, 5.74) is 3.79. The molecular formula is C18H20N4O2S. The lowest BCUT2D eigenvalue weighted by Gasteiger charge is -2.12. The lowest BCUT2D eigenvalue weighted by atomic mass is 10.1. The van der Waals surface area contributed by atoms with E-state index in [1.807, 2.05) is 45.0 Å². The third kappa shape index (κ3) is 2.89. The van der Waals surface area contributed by atoms with Gasteiger partial charge in [-0.3, -0.25) is 4.72 Å². The molecule has 0 spiro atoms. The highest BCUT2D eigenvalue weighted by Gasteiger charge is 2.36. The maximum absolute atomic E-state index is 12.3. The number of para-hydroxylation sites is 1. The topological polar surface area (TPSA) is 76.9 Å². The second kappa shape index (κ2) is 5.56. The number of aryl methyl sites for hydroxylation is 3. The van der Waals surface area contributed by atoms with Crippen LogP contribution in [0.3, 0.4) is 0 Å². The third-order valence-electron chi connectivity index (χ3n) is 4.49. The normalized spacial score (nSPS) is 14.8. The summed E-state index contributed by atoms with van der Waals surface area (Å²) in [6.45, 7) is 5.88. The highest BCUT2D eigenvalue weighted by Crippen LogP contribution is 2.31. The van der Waals surface area contributed by atoms with Gasteiger partial charge in [-0.15, -0.1) is 0 Å². The summed E-state index contributed by atoms with van der Waals surface area (Å²) >= 11 is 0. The molecule has 4 rings (SSSR count). The average molecular weight is 356 g/mol. The molecule has 0 saturated heterocycles. The van der Waals surface area contributed by atoms with Crippen molar-refractivity contribution in [3.05, 3.63) is 47.2 Å². The molecule has 2 aromatic heterocycles. The number of rotatable bonds is 4. The first kappa shape index (κ1) is 16.1. The molecule has 7 heteroatoms. The second-order valence-electron chi connectivity index (χ2n) is 6.70. The Bertz CT molecular complexity index is 1080. The molecule has 0 aliphatic heterocycles. The Kier molecular flexibility index (Phi) is 3.57. The molecule has 0 bridgehead atoms. The minimum absolute atomic E-state index is 0.287. The van der Waals surface area contributed by atoms with E-state index in [-0.39, 0.29) is 5.25 Å². The predicted molar refractivity (Wildman–Crippen MR) is 98.6 cm³/mol. The monoisotopic (exact) mass is 356 g/mol. The standard InChI is InChI=1S/C18H20N4O2S/c1-11-5-4-6-15-12(2)9-16(19-18(11)15)22-17(10-13(3)20-22)21-25(23,24)14-7-8-14/h4-6,9-10,14,21H,7-8H2,1-3H3. The third-order valence-corrected chi connectivity index (χ3v) is 6.34. The molecule has 0 radical (unpaired) electrons. The van der Waals surface area contributed by atoms with Gasteiger partial charge >= 0.3 is 0 Å². The average Bonchev–Trinajstić information content (AvgIpc) is 3.33. The molecule has 1 aliphatic carbocycles. The van der Waals surface area contributed by atoms with Gasteiger partial charge in [0.2, 0.25) is 10.0 Å². The van der Waals surface area contributed by atoms with Crippen molar-refractivity contribution in [3.63, 3.8) is 0 Å². The molecule has 0 unspecified atom stereocenters. The lowest BCUT2D eigenvalue weighted by molar-refractivity contribution is 0.599. The van der Waals surface area contributed by atoms with E-state index in [1.54, 1.807) is 10.7 Å². The number of benzene rings is 1. The molecule has 6 nitrogen and oxygen atoms in total. The number of anilines is 1. The Labute approximate surface area is 146 Å². The van der Waals surface area contributed by atoms with E-state index in [0.717, 1.165) is 40.6 Å². The van der Waals surface area contributed by atoms with E-state index in [9.17, 15) is 8.42 Å². The predicted octanol–water partition coefficient (Wildman–Crippen LogP) is 3.25. The Morgan fingerprint density at radius 3 is 2.60 bits per heavy atom. The molecule has 130 valence electrons. The number of hydrogen-bond donors (Lipinski definition) is 1. The molecule has 1 saturated carbocycles. The first-order valence-corrected chi connectivity index (χ1v) is 9.85. The Balaban J connectivity index is 1.85. The number of aromatic nitrogens is 3. The minimum Gasteiger partial charge on any atom is -0.267 e. The maximum Gasteiger partial charge on any atom is 0.236 e.